The Labute approximate surface area is 93.1 Å². The number of likely N-dealkylation sites (N-methyl/N-ethyl adjacent to an activating group) is 1. The van der Waals surface area contributed by atoms with Crippen molar-refractivity contribution >= 4 is 0 Å². The molecule has 88 valence electrons. The lowest BCUT2D eigenvalue weighted by atomic mass is 10.1. The summed E-state index contributed by atoms with van der Waals surface area (Å²) in [7, 11) is 2.21. The van der Waals surface area contributed by atoms with Crippen LogP contribution in [0.25, 0.3) is 0 Å². The number of aliphatic hydroxyl groups excluding tert-OH is 1. The van der Waals surface area contributed by atoms with Gasteiger partial charge in [0.05, 0.1) is 6.10 Å². The number of β-amino-alcohol motifs (C(OH)–C–C–N with tert-alkyl or cyclic N) is 1. The largest absolute Gasteiger partial charge is 0.392 e. The molecule has 2 aliphatic heterocycles. The Bertz CT molecular complexity index is 218. The van der Waals surface area contributed by atoms with Gasteiger partial charge in [0.15, 0.2) is 0 Å². The first-order valence-corrected chi connectivity index (χ1v) is 6.18. The quantitative estimate of drug-likeness (QED) is 0.746. The number of aliphatic hydroxyl groups is 1. The first-order valence-electron chi connectivity index (χ1n) is 6.18. The number of likely N-dealkylation sites (tertiary alicyclic amines) is 2. The van der Waals surface area contributed by atoms with Gasteiger partial charge in [0, 0.05) is 31.7 Å². The molecule has 2 fully saturated rings. The van der Waals surface area contributed by atoms with Crippen LogP contribution in [0, 0.1) is 5.92 Å². The number of nitrogens with zero attached hydrogens (tertiary/aromatic N) is 2. The zero-order valence-electron chi connectivity index (χ0n) is 10.2. The highest BCUT2D eigenvalue weighted by atomic mass is 16.3. The Morgan fingerprint density at radius 2 is 2.00 bits per heavy atom. The molecular weight excluding hydrogens is 188 g/mol. The molecule has 2 bridgehead atoms. The first kappa shape index (κ1) is 11.4. The van der Waals surface area contributed by atoms with Crippen molar-refractivity contribution in [3.63, 3.8) is 0 Å². The molecule has 2 saturated heterocycles. The van der Waals surface area contributed by atoms with Crippen molar-refractivity contribution in [3.05, 3.63) is 0 Å². The van der Waals surface area contributed by atoms with Crippen LogP contribution in [0.15, 0.2) is 0 Å². The zero-order valence-corrected chi connectivity index (χ0v) is 10.2. The summed E-state index contributed by atoms with van der Waals surface area (Å²) in [6.07, 6.45) is 2.11. The number of fused-ring (bicyclic) bond motifs is 2. The van der Waals surface area contributed by atoms with Gasteiger partial charge in [0.2, 0.25) is 0 Å². The Hall–Kier alpha value is -0.120. The van der Waals surface area contributed by atoms with Gasteiger partial charge in [-0.1, -0.05) is 13.8 Å². The summed E-state index contributed by atoms with van der Waals surface area (Å²) in [6, 6.07) is 1.46. The summed E-state index contributed by atoms with van der Waals surface area (Å²) in [4.78, 5) is 4.94. The maximum absolute atomic E-state index is 9.92. The lowest BCUT2D eigenvalue weighted by Crippen LogP contribution is -2.47. The lowest BCUT2D eigenvalue weighted by molar-refractivity contribution is 0.0656. The fourth-order valence-corrected chi connectivity index (χ4v) is 3.06. The van der Waals surface area contributed by atoms with Crippen molar-refractivity contribution in [2.75, 3.05) is 26.7 Å². The molecule has 0 amide bonds. The molecule has 0 radical (unpaired) electrons. The molecule has 1 N–H and O–H groups in total. The second-order valence-electron chi connectivity index (χ2n) is 5.72. The molecule has 1 unspecified atom stereocenters. The van der Waals surface area contributed by atoms with E-state index in [9.17, 15) is 5.11 Å². The third kappa shape index (κ3) is 2.52. The van der Waals surface area contributed by atoms with Crippen molar-refractivity contribution < 1.29 is 5.11 Å². The van der Waals surface area contributed by atoms with Crippen LogP contribution in [0.5, 0.6) is 0 Å². The highest BCUT2D eigenvalue weighted by Crippen LogP contribution is 2.29. The normalized spacial score (nSPS) is 34.2. The minimum atomic E-state index is -0.130. The van der Waals surface area contributed by atoms with Crippen LogP contribution in [0.3, 0.4) is 0 Å². The molecule has 0 spiro atoms. The Morgan fingerprint density at radius 1 is 1.27 bits per heavy atom. The van der Waals surface area contributed by atoms with Crippen molar-refractivity contribution in [3.8, 4) is 0 Å². The second-order valence-corrected chi connectivity index (χ2v) is 5.72. The third-order valence-electron chi connectivity index (χ3n) is 3.82. The van der Waals surface area contributed by atoms with Crippen LogP contribution < -0.4 is 0 Å². The maximum atomic E-state index is 9.92. The number of hydrogen-bond acceptors (Lipinski definition) is 3. The van der Waals surface area contributed by atoms with Gasteiger partial charge >= 0.3 is 0 Å². The SMILES string of the molecule is CC(C)CC(O)CN1C[C@@H]2C[C@H]1CN2C. The van der Waals surface area contributed by atoms with E-state index in [0.29, 0.717) is 12.0 Å². The summed E-state index contributed by atoms with van der Waals surface area (Å²) in [5, 5.41) is 9.92. The van der Waals surface area contributed by atoms with Crippen LogP contribution in [-0.2, 0) is 0 Å². The minimum absolute atomic E-state index is 0.130. The topological polar surface area (TPSA) is 26.7 Å². The molecule has 3 atom stereocenters. The predicted molar refractivity (Wildman–Crippen MR) is 61.9 cm³/mol. The highest BCUT2D eigenvalue weighted by molar-refractivity contribution is 4.98. The number of piperazine rings is 1. The fourth-order valence-electron chi connectivity index (χ4n) is 3.06. The molecule has 2 rings (SSSR count). The van der Waals surface area contributed by atoms with Gasteiger partial charge in [0.25, 0.3) is 0 Å². The van der Waals surface area contributed by atoms with E-state index in [1.54, 1.807) is 0 Å². The molecule has 0 aromatic rings. The highest BCUT2D eigenvalue weighted by Gasteiger charge is 2.41. The molecule has 3 heteroatoms. The molecule has 15 heavy (non-hydrogen) atoms. The Balaban J connectivity index is 1.78. The smallest absolute Gasteiger partial charge is 0.0669 e. The Morgan fingerprint density at radius 3 is 2.47 bits per heavy atom. The lowest BCUT2D eigenvalue weighted by Gasteiger charge is -2.33. The molecule has 0 aliphatic carbocycles. The molecule has 0 aromatic carbocycles. The number of rotatable bonds is 4. The van der Waals surface area contributed by atoms with E-state index in [0.717, 1.165) is 25.6 Å². The van der Waals surface area contributed by atoms with Gasteiger partial charge < -0.3 is 10.0 Å². The predicted octanol–water partition coefficient (Wildman–Crippen LogP) is 0.782. The van der Waals surface area contributed by atoms with E-state index in [-0.39, 0.29) is 6.10 Å². The number of hydrogen-bond donors (Lipinski definition) is 1. The molecule has 3 nitrogen and oxygen atoms in total. The van der Waals surface area contributed by atoms with Gasteiger partial charge in [-0.05, 0) is 25.8 Å². The zero-order chi connectivity index (χ0) is 11.0. The minimum Gasteiger partial charge on any atom is -0.392 e. The molecule has 2 aliphatic rings. The fraction of sp³-hybridized carbons (Fsp3) is 1.00. The van der Waals surface area contributed by atoms with Crippen molar-refractivity contribution in [2.45, 2.75) is 44.9 Å². The van der Waals surface area contributed by atoms with E-state index in [1.165, 1.54) is 13.0 Å². The first-order chi connectivity index (χ1) is 7.06. The summed E-state index contributed by atoms with van der Waals surface area (Å²) in [5.41, 5.74) is 0. The summed E-state index contributed by atoms with van der Waals surface area (Å²) >= 11 is 0. The summed E-state index contributed by atoms with van der Waals surface area (Å²) in [6.45, 7) is 7.59. The van der Waals surface area contributed by atoms with E-state index in [4.69, 9.17) is 0 Å². The Kier molecular flexibility index (Phi) is 3.33. The second kappa shape index (κ2) is 4.40. The molecular formula is C12H24N2O. The van der Waals surface area contributed by atoms with Crippen molar-refractivity contribution in [2.24, 2.45) is 5.92 Å². The average Bonchev–Trinajstić information content (AvgIpc) is 2.60. The van der Waals surface area contributed by atoms with E-state index >= 15 is 0 Å². The molecule has 2 heterocycles. The van der Waals surface area contributed by atoms with Gasteiger partial charge in [0.1, 0.15) is 0 Å². The van der Waals surface area contributed by atoms with Gasteiger partial charge in [-0.15, -0.1) is 0 Å². The van der Waals surface area contributed by atoms with Crippen molar-refractivity contribution in [1.82, 2.24) is 9.80 Å². The summed E-state index contributed by atoms with van der Waals surface area (Å²) in [5.74, 6) is 0.600. The molecule has 0 aromatic heterocycles. The van der Waals surface area contributed by atoms with Crippen LogP contribution in [0.1, 0.15) is 26.7 Å². The summed E-state index contributed by atoms with van der Waals surface area (Å²) < 4.78 is 0. The molecule has 0 saturated carbocycles. The van der Waals surface area contributed by atoms with Crippen LogP contribution >= 0.6 is 0 Å². The standard InChI is InChI=1S/C12H24N2O/c1-9(2)4-12(15)8-14-7-10-5-11(14)6-13(10)3/h9-12,15H,4-8H2,1-3H3/t10-,11-,12?/m0/s1. The maximum Gasteiger partial charge on any atom is 0.0669 e. The van der Waals surface area contributed by atoms with Crippen LogP contribution in [-0.4, -0.2) is 59.8 Å². The van der Waals surface area contributed by atoms with Gasteiger partial charge in [-0.2, -0.15) is 0 Å². The van der Waals surface area contributed by atoms with E-state index in [2.05, 4.69) is 30.7 Å². The average molecular weight is 212 g/mol. The van der Waals surface area contributed by atoms with Gasteiger partial charge in [-0.25, -0.2) is 0 Å². The van der Waals surface area contributed by atoms with Crippen molar-refractivity contribution in [1.29, 1.82) is 0 Å². The third-order valence-corrected chi connectivity index (χ3v) is 3.82. The van der Waals surface area contributed by atoms with Gasteiger partial charge in [-0.3, -0.25) is 4.90 Å². The van der Waals surface area contributed by atoms with E-state index < -0.39 is 0 Å². The van der Waals surface area contributed by atoms with E-state index in [1.807, 2.05) is 0 Å². The van der Waals surface area contributed by atoms with Crippen LogP contribution in [0.4, 0.5) is 0 Å². The monoisotopic (exact) mass is 212 g/mol. The van der Waals surface area contributed by atoms with Crippen LogP contribution in [0.2, 0.25) is 0 Å².